The molecule has 0 unspecified atom stereocenters. The molecule has 0 spiro atoms. The molecular weight excluding hydrogens is 268 g/mol. The summed E-state index contributed by atoms with van der Waals surface area (Å²) in [7, 11) is -1.55. The predicted octanol–water partition coefficient (Wildman–Crippen LogP) is 4.39. The average molecular weight is 285 g/mol. The van der Waals surface area contributed by atoms with E-state index in [4.69, 9.17) is 4.43 Å². The molecule has 1 rings (SSSR count). The first-order chi connectivity index (χ1) is 6.94. The van der Waals surface area contributed by atoms with E-state index in [2.05, 4.69) is 48.2 Å². The van der Waals surface area contributed by atoms with Crippen molar-refractivity contribution in [3.8, 4) is 5.75 Å². The minimum absolute atomic E-state index is 0.846. The van der Waals surface area contributed by atoms with E-state index in [-0.39, 0.29) is 0 Å². The van der Waals surface area contributed by atoms with Crippen LogP contribution in [0.2, 0.25) is 19.6 Å². The Morgan fingerprint density at radius 1 is 1.40 bits per heavy atom. The van der Waals surface area contributed by atoms with E-state index in [0.29, 0.717) is 0 Å². The second kappa shape index (κ2) is 4.99. The Hall–Kier alpha value is -0.543. The maximum absolute atomic E-state index is 6.06. The van der Waals surface area contributed by atoms with Gasteiger partial charge < -0.3 is 4.43 Å². The van der Waals surface area contributed by atoms with E-state index in [0.717, 1.165) is 16.6 Å². The van der Waals surface area contributed by atoms with E-state index in [9.17, 15) is 0 Å². The van der Waals surface area contributed by atoms with Gasteiger partial charge in [0, 0.05) is 0 Å². The molecule has 1 nitrogen and oxygen atoms in total. The van der Waals surface area contributed by atoms with Crippen LogP contribution in [0.3, 0.4) is 0 Å². The van der Waals surface area contributed by atoms with E-state index >= 15 is 0 Å². The zero-order valence-electron chi connectivity index (χ0n) is 9.51. The van der Waals surface area contributed by atoms with Crippen molar-refractivity contribution < 1.29 is 4.43 Å². The number of para-hydroxylation sites is 1. The van der Waals surface area contributed by atoms with Gasteiger partial charge in [-0.05, 0) is 53.6 Å². The molecule has 0 N–H and O–H groups in total. The molecule has 1 aromatic carbocycles. The predicted molar refractivity (Wildman–Crippen MR) is 72.0 cm³/mol. The van der Waals surface area contributed by atoms with Crippen LogP contribution in [0.5, 0.6) is 5.75 Å². The molecule has 82 valence electrons. The minimum atomic E-state index is -1.55. The molecular formula is C12H17BrOSi. The summed E-state index contributed by atoms with van der Waals surface area (Å²) in [5.41, 5.74) is 1.20. The lowest BCUT2D eigenvalue weighted by molar-refractivity contribution is 0.547. The number of hydrogen-bond donors (Lipinski definition) is 0. The van der Waals surface area contributed by atoms with Crippen LogP contribution >= 0.6 is 15.9 Å². The second-order valence-corrected chi connectivity index (χ2v) is 9.72. The third-order valence-electron chi connectivity index (χ3n) is 1.82. The highest BCUT2D eigenvalue weighted by Crippen LogP contribution is 2.31. The molecule has 0 aromatic heterocycles. The molecule has 0 saturated heterocycles. The Morgan fingerprint density at radius 3 is 2.60 bits per heavy atom. The maximum atomic E-state index is 6.06. The lowest BCUT2D eigenvalue weighted by Crippen LogP contribution is -2.30. The summed E-state index contributed by atoms with van der Waals surface area (Å²) in [5.74, 6) is 0.983. The second-order valence-electron chi connectivity index (χ2n) is 4.44. The van der Waals surface area contributed by atoms with Crippen LogP contribution in [0.15, 0.2) is 35.3 Å². The van der Waals surface area contributed by atoms with Gasteiger partial charge in [-0.1, -0.05) is 18.2 Å². The van der Waals surface area contributed by atoms with Gasteiger partial charge in [-0.2, -0.15) is 0 Å². The highest BCUT2D eigenvalue weighted by atomic mass is 79.9. The van der Waals surface area contributed by atoms with Gasteiger partial charge in [0.25, 0.3) is 0 Å². The third kappa shape index (κ3) is 3.84. The van der Waals surface area contributed by atoms with Gasteiger partial charge >= 0.3 is 0 Å². The van der Waals surface area contributed by atoms with E-state index in [1.807, 2.05) is 18.2 Å². The minimum Gasteiger partial charge on any atom is -0.543 e. The van der Waals surface area contributed by atoms with Gasteiger partial charge in [-0.25, -0.2) is 0 Å². The van der Waals surface area contributed by atoms with Crippen molar-refractivity contribution in [2.75, 3.05) is 0 Å². The van der Waals surface area contributed by atoms with Crippen LogP contribution in [0.1, 0.15) is 5.56 Å². The molecule has 1 aromatic rings. The summed E-state index contributed by atoms with van der Waals surface area (Å²) in [5, 5.41) is 0. The fourth-order valence-electron chi connectivity index (χ4n) is 1.29. The normalized spacial score (nSPS) is 11.2. The summed E-state index contributed by atoms with van der Waals surface area (Å²) in [6, 6.07) is 6.13. The average Bonchev–Trinajstić information content (AvgIpc) is 2.10. The largest absolute Gasteiger partial charge is 0.543 e. The van der Waals surface area contributed by atoms with E-state index in [1.54, 1.807) is 0 Å². The van der Waals surface area contributed by atoms with Gasteiger partial charge in [0.05, 0.1) is 4.47 Å². The van der Waals surface area contributed by atoms with Crippen LogP contribution in [0.4, 0.5) is 0 Å². The van der Waals surface area contributed by atoms with Crippen molar-refractivity contribution in [2.45, 2.75) is 26.1 Å². The smallest absolute Gasteiger partial charge is 0.242 e. The molecule has 3 heteroatoms. The molecule has 0 amide bonds. The van der Waals surface area contributed by atoms with Crippen molar-refractivity contribution in [2.24, 2.45) is 0 Å². The SMILES string of the molecule is C=CCc1cccc(Br)c1O[Si](C)(C)C. The highest BCUT2D eigenvalue weighted by Gasteiger charge is 2.19. The van der Waals surface area contributed by atoms with Crippen molar-refractivity contribution in [1.29, 1.82) is 0 Å². The lowest BCUT2D eigenvalue weighted by Gasteiger charge is -2.22. The molecule has 0 aliphatic rings. The quantitative estimate of drug-likeness (QED) is 0.589. The Bertz CT molecular complexity index is 355. The molecule has 0 atom stereocenters. The van der Waals surface area contributed by atoms with Gasteiger partial charge in [-0.3, -0.25) is 0 Å². The van der Waals surface area contributed by atoms with Gasteiger partial charge in [0.1, 0.15) is 5.75 Å². The van der Waals surface area contributed by atoms with Crippen LogP contribution < -0.4 is 4.43 Å². The first kappa shape index (κ1) is 12.5. The van der Waals surface area contributed by atoms with E-state index < -0.39 is 8.32 Å². The first-order valence-electron chi connectivity index (χ1n) is 5.01. The Balaban J connectivity index is 3.07. The molecule has 0 heterocycles. The standard InChI is InChI=1S/C12H17BrOSi/c1-5-7-10-8-6-9-11(13)12(10)14-15(2,3)4/h5-6,8-9H,1,7H2,2-4H3. The summed E-state index contributed by atoms with van der Waals surface area (Å²) in [6.45, 7) is 10.3. The molecule has 0 bridgehead atoms. The summed E-state index contributed by atoms with van der Waals surface area (Å²) in [6.07, 6.45) is 2.75. The van der Waals surface area contributed by atoms with Crippen LogP contribution in [-0.2, 0) is 6.42 Å². The molecule has 0 aliphatic carbocycles. The van der Waals surface area contributed by atoms with Crippen molar-refractivity contribution in [1.82, 2.24) is 0 Å². The van der Waals surface area contributed by atoms with E-state index in [1.165, 1.54) is 5.56 Å². The van der Waals surface area contributed by atoms with Crippen molar-refractivity contribution in [3.63, 3.8) is 0 Å². The molecule has 0 radical (unpaired) electrons. The fraction of sp³-hybridized carbons (Fsp3) is 0.333. The Labute approximate surface area is 101 Å². The zero-order chi connectivity index (χ0) is 11.5. The summed E-state index contributed by atoms with van der Waals surface area (Å²) in [4.78, 5) is 0. The fourth-order valence-corrected chi connectivity index (χ4v) is 2.78. The van der Waals surface area contributed by atoms with Crippen LogP contribution in [0.25, 0.3) is 0 Å². The summed E-state index contributed by atoms with van der Waals surface area (Å²) < 4.78 is 7.09. The topological polar surface area (TPSA) is 9.23 Å². The number of rotatable bonds is 4. The van der Waals surface area contributed by atoms with Gasteiger partial charge in [0.2, 0.25) is 8.32 Å². The summed E-state index contributed by atoms with van der Waals surface area (Å²) >= 11 is 3.53. The number of allylic oxidation sites excluding steroid dienone is 1. The monoisotopic (exact) mass is 284 g/mol. The zero-order valence-corrected chi connectivity index (χ0v) is 12.1. The molecule has 0 aliphatic heterocycles. The highest BCUT2D eigenvalue weighted by molar-refractivity contribution is 9.10. The number of benzene rings is 1. The Morgan fingerprint density at radius 2 is 2.07 bits per heavy atom. The molecule has 15 heavy (non-hydrogen) atoms. The molecule has 0 fully saturated rings. The maximum Gasteiger partial charge on any atom is 0.242 e. The van der Waals surface area contributed by atoms with Crippen LogP contribution in [0, 0.1) is 0 Å². The van der Waals surface area contributed by atoms with Gasteiger partial charge in [-0.15, -0.1) is 6.58 Å². The van der Waals surface area contributed by atoms with Crippen molar-refractivity contribution in [3.05, 3.63) is 40.9 Å². The van der Waals surface area contributed by atoms with Crippen LogP contribution in [-0.4, -0.2) is 8.32 Å². The number of halogens is 1. The number of hydrogen-bond acceptors (Lipinski definition) is 1. The lowest BCUT2D eigenvalue weighted by atomic mass is 10.1. The molecule has 0 saturated carbocycles. The van der Waals surface area contributed by atoms with Gasteiger partial charge in [0.15, 0.2) is 0 Å². The Kier molecular flexibility index (Phi) is 4.17. The van der Waals surface area contributed by atoms with Crippen molar-refractivity contribution >= 4 is 24.2 Å². The first-order valence-corrected chi connectivity index (χ1v) is 9.21. The third-order valence-corrected chi connectivity index (χ3v) is 3.26.